The highest BCUT2D eigenvalue weighted by Crippen LogP contribution is 2.30. The van der Waals surface area contributed by atoms with Crippen LogP contribution < -0.4 is 5.32 Å². The Bertz CT molecular complexity index is 1040. The van der Waals surface area contributed by atoms with E-state index in [1.165, 1.54) is 0 Å². The van der Waals surface area contributed by atoms with Crippen molar-refractivity contribution in [3.8, 4) is 21.3 Å². The van der Waals surface area contributed by atoms with Crippen LogP contribution in [0, 0.1) is 0 Å². The number of nitrogens with zero attached hydrogens (tertiary/aromatic N) is 3. The predicted octanol–water partition coefficient (Wildman–Crippen LogP) is 5.03. The number of hydrogen-bond donors (Lipinski definition) is 1. The maximum absolute atomic E-state index is 12.2. The van der Waals surface area contributed by atoms with Crippen molar-refractivity contribution in [1.29, 1.82) is 0 Å². The molecule has 0 aliphatic rings. The summed E-state index contributed by atoms with van der Waals surface area (Å²) in [6, 6.07) is 11.1. The second-order valence-electron chi connectivity index (χ2n) is 5.50. The number of hydrogen-bond acceptors (Lipinski definition) is 5. The van der Waals surface area contributed by atoms with E-state index >= 15 is 0 Å². The van der Waals surface area contributed by atoms with Gasteiger partial charge in [-0.1, -0.05) is 23.7 Å². The molecule has 1 amide bonds. The van der Waals surface area contributed by atoms with E-state index in [0.717, 1.165) is 21.3 Å². The molecule has 130 valence electrons. The van der Waals surface area contributed by atoms with Crippen LogP contribution in [-0.2, 0) is 11.3 Å². The standard InChI is InChI=1S/C18H13ClN4OS2/c19-12-3-1-4-13(7-12)21-17(24)9-23-8-14(20-11-23)18-22-15(10-26-18)16-5-2-6-25-16/h1-8,10-11H,9H2,(H,21,24). The number of halogens is 1. The maximum Gasteiger partial charge on any atom is 0.244 e. The van der Waals surface area contributed by atoms with Gasteiger partial charge in [0.05, 0.1) is 16.9 Å². The minimum absolute atomic E-state index is 0.144. The molecular formula is C18H13ClN4OS2. The molecule has 0 radical (unpaired) electrons. The average molecular weight is 401 g/mol. The van der Waals surface area contributed by atoms with Gasteiger partial charge in [-0.2, -0.15) is 0 Å². The van der Waals surface area contributed by atoms with Gasteiger partial charge in [-0.05, 0) is 29.6 Å². The van der Waals surface area contributed by atoms with Crippen molar-refractivity contribution >= 4 is 45.9 Å². The topological polar surface area (TPSA) is 59.8 Å². The van der Waals surface area contributed by atoms with Gasteiger partial charge in [0.1, 0.15) is 17.2 Å². The Morgan fingerprint density at radius 3 is 2.92 bits per heavy atom. The second kappa shape index (κ2) is 7.41. The lowest BCUT2D eigenvalue weighted by Gasteiger charge is -2.05. The molecule has 0 spiro atoms. The summed E-state index contributed by atoms with van der Waals surface area (Å²) in [7, 11) is 0. The van der Waals surface area contributed by atoms with Crippen molar-refractivity contribution in [2.45, 2.75) is 6.54 Å². The summed E-state index contributed by atoms with van der Waals surface area (Å²) in [5, 5.41) is 8.29. The fraction of sp³-hybridized carbons (Fsp3) is 0.0556. The first-order valence-corrected chi connectivity index (χ1v) is 9.88. The Hall–Kier alpha value is -2.48. The van der Waals surface area contributed by atoms with E-state index in [9.17, 15) is 4.79 Å². The fourth-order valence-corrected chi connectivity index (χ4v) is 4.15. The lowest BCUT2D eigenvalue weighted by atomic mass is 10.3. The summed E-state index contributed by atoms with van der Waals surface area (Å²) < 4.78 is 1.74. The van der Waals surface area contributed by atoms with Gasteiger partial charge in [-0.3, -0.25) is 4.79 Å². The van der Waals surface area contributed by atoms with Crippen LogP contribution in [0.1, 0.15) is 0 Å². The predicted molar refractivity (Wildman–Crippen MR) is 107 cm³/mol. The fourth-order valence-electron chi connectivity index (χ4n) is 2.42. The van der Waals surface area contributed by atoms with Gasteiger partial charge >= 0.3 is 0 Å². The summed E-state index contributed by atoms with van der Waals surface area (Å²) in [6.45, 7) is 0.169. The number of imidazole rings is 1. The highest BCUT2D eigenvalue weighted by Gasteiger charge is 2.11. The van der Waals surface area contributed by atoms with E-state index < -0.39 is 0 Å². The van der Waals surface area contributed by atoms with Crippen LogP contribution in [-0.4, -0.2) is 20.4 Å². The molecule has 1 N–H and O–H groups in total. The highest BCUT2D eigenvalue weighted by atomic mass is 35.5. The van der Waals surface area contributed by atoms with E-state index in [0.29, 0.717) is 10.7 Å². The summed E-state index contributed by atoms with van der Waals surface area (Å²) in [6.07, 6.45) is 3.47. The van der Waals surface area contributed by atoms with Crippen LogP contribution in [0.4, 0.5) is 5.69 Å². The van der Waals surface area contributed by atoms with E-state index in [-0.39, 0.29) is 12.5 Å². The largest absolute Gasteiger partial charge is 0.327 e. The zero-order valence-corrected chi connectivity index (χ0v) is 15.8. The molecule has 4 rings (SSSR count). The number of aromatic nitrogens is 3. The van der Waals surface area contributed by atoms with Gasteiger partial charge in [-0.25, -0.2) is 9.97 Å². The number of thiophene rings is 1. The number of nitrogens with one attached hydrogen (secondary N) is 1. The molecule has 0 aliphatic carbocycles. The molecule has 0 bridgehead atoms. The average Bonchev–Trinajstić information content (AvgIpc) is 3.35. The third-order valence-electron chi connectivity index (χ3n) is 3.56. The molecular weight excluding hydrogens is 388 g/mol. The molecule has 8 heteroatoms. The Morgan fingerprint density at radius 2 is 2.12 bits per heavy atom. The summed E-state index contributed by atoms with van der Waals surface area (Å²) in [5.74, 6) is -0.144. The number of carbonyl (C=O) groups is 1. The van der Waals surface area contributed by atoms with Crippen molar-refractivity contribution in [2.75, 3.05) is 5.32 Å². The van der Waals surface area contributed by atoms with Gasteiger partial charge in [0.2, 0.25) is 5.91 Å². The summed E-state index contributed by atoms with van der Waals surface area (Å²) in [5.41, 5.74) is 2.38. The Morgan fingerprint density at radius 1 is 1.19 bits per heavy atom. The van der Waals surface area contributed by atoms with Crippen molar-refractivity contribution in [3.05, 3.63) is 64.7 Å². The minimum atomic E-state index is -0.144. The molecule has 0 fully saturated rings. The SMILES string of the molecule is O=C(Cn1cnc(-c2nc(-c3cccs3)cs2)c1)Nc1cccc(Cl)c1. The monoisotopic (exact) mass is 400 g/mol. The van der Waals surface area contributed by atoms with Crippen molar-refractivity contribution < 1.29 is 4.79 Å². The number of anilines is 1. The Kier molecular flexibility index (Phi) is 4.83. The molecule has 0 saturated heterocycles. The van der Waals surface area contributed by atoms with Crippen molar-refractivity contribution in [1.82, 2.24) is 14.5 Å². The molecule has 1 aromatic carbocycles. The maximum atomic E-state index is 12.2. The van der Waals surface area contributed by atoms with E-state index in [1.807, 2.05) is 29.1 Å². The van der Waals surface area contributed by atoms with Crippen molar-refractivity contribution in [3.63, 3.8) is 0 Å². The number of amides is 1. The second-order valence-corrected chi connectivity index (χ2v) is 7.75. The van der Waals surface area contributed by atoms with Crippen LogP contribution in [0.2, 0.25) is 5.02 Å². The van der Waals surface area contributed by atoms with E-state index in [2.05, 4.69) is 15.3 Å². The number of carbonyl (C=O) groups excluding carboxylic acids is 1. The van der Waals surface area contributed by atoms with Gasteiger partial charge in [-0.15, -0.1) is 22.7 Å². The van der Waals surface area contributed by atoms with Crippen LogP contribution in [0.25, 0.3) is 21.3 Å². The van der Waals surface area contributed by atoms with Gasteiger partial charge in [0.15, 0.2) is 0 Å². The molecule has 26 heavy (non-hydrogen) atoms. The molecule has 0 aliphatic heterocycles. The quantitative estimate of drug-likeness (QED) is 0.511. The lowest BCUT2D eigenvalue weighted by molar-refractivity contribution is -0.116. The molecule has 3 aromatic heterocycles. The van der Waals surface area contributed by atoms with Gasteiger partial charge < -0.3 is 9.88 Å². The van der Waals surface area contributed by atoms with Crippen LogP contribution >= 0.6 is 34.3 Å². The summed E-state index contributed by atoms with van der Waals surface area (Å²) >= 11 is 9.13. The molecule has 0 unspecified atom stereocenters. The smallest absolute Gasteiger partial charge is 0.244 e. The van der Waals surface area contributed by atoms with Gasteiger partial charge in [0.25, 0.3) is 0 Å². The Balaban J connectivity index is 1.44. The summed E-state index contributed by atoms with van der Waals surface area (Å²) in [4.78, 5) is 22.3. The molecule has 4 aromatic rings. The zero-order chi connectivity index (χ0) is 17.9. The third kappa shape index (κ3) is 3.85. The molecule has 0 atom stereocenters. The van der Waals surface area contributed by atoms with Crippen molar-refractivity contribution in [2.24, 2.45) is 0 Å². The van der Waals surface area contributed by atoms with E-state index in [4.69, 9.17) is 11.6 Å². The zero-order valence-electron chi connectivity index (χ0n) is 13.4. The highest BCUT2D eigenvalue weighted by molar-refractivity contribution is 7.15. The first kappa shape index (κ1) is 17.0. The normalized spacial score (nSPS) is 10.8. The van der Waals surface area contributed by atoms with Gasteiger partial charge in [0, 0.05) is 22.3 Å². The number of benzene rings is 1. The first-order valence-electron chi connectivity index (χ1n) is 7.74. The third-order valence-corrected chi connectivity index (χ3v) is 5.56. The molecule has 0 saturated carbocycles. The van der Waals surface area contributed by atoms with Crippen LogP contribution in [0.15, 0.2) is 59.7 Å². The lowest BCUT2D eigenvalue weighted by Crippen LogP contribution is -2.17. The van der Waals surface area contributed by atoms with E-state index in [1.54, 1.807) is 57.8 Å². The van der Waals surface area contributed by atoms with Crippen LogP contribution in [0.3, 0.4) is 0 Å². The molecule has 5 nitrogen and oxygen atoms in total. The molecule has 3 heterocycles. The first-order chi connectivity index (χ1) is 12.7. The number of rotatable bonds is 5. The minimum Gasteiger partial charge on any atom is -0.327 e. The number of thiazole rings is 1. The Labute approximate surface area is 162 Å². The van der Waals surface area contributed by atoms with Crippen LogP contribution in [0.5, 0.6) is 0 Å².